The minimum Gasteiger partial charge on any atom is -0.396 e. The van der Waals surface area contributed by atoms with Crippen LogP contribution < -0.4 is 11.1 Å². The zero-order valence-electron chi connectivity index (χ0n) is 8.71. The minimum atomic E-state index is 0.672. The smallest absolute Gasteiger partial charge is 0.149 e. The molecule has 0 aliphatic rings. The van der Waals surface area contributed by atoms with Gasteiger partial charge in [-0.2, -0.15) is 0 Å². The summed E-state index contributed by atoms with van der Waals surface area (Å²) in [5.74, 6) is 0.740. The fourth-order valence-electron chi connectivity index (χ4n) is 1.10. The van der Waals surface area contributed by atoms with Gasteiger partial charge in [0.2, 0.25) is 0 Å². The minimum absolute atomic E-state index is 0.672. The molecule has 0 fully saturated rings. The van der Waals surface area contributed by atoms with Crippen molar-refractivity contribution in [3.05, 3.63) is 17.8 Å². The lowest BCUT2D eigenvalue weighted by Crippen LogP contribution is -2.12. The molecule has 0 aliphatic carbocycles. The van der Waals surface area contributed by atoms with E-state index in [1.165, 1.54) is 0 Å². The number of pyridine rings is 1. The van der Waals surface area contributed by atoms with Gasteiger partial charge in [-0.25, -0.2) is 4.98 Å². The predicted molar refractivity (Wildman–Crippen MR) is 58.4 cm³/mol. The van der Waals surface area contributed by atoms with E-state index in [2.05, 4.69) is 10.3 Å². The largest absolute Gasteiger partial charge is 0.396 e. The average Bonchev–Trinajstić information content (AvgIpc) is 2.19. The van der Waals surface area contributed by atoms with Gasteiger partial charge in [0.1, 0.15) is 5.82 Å². The number of nitrogen functional groups attached to an aromatic ring is 1. The van der Waals surface area contributed by atoms with Crippen LogP contribution in [0, 0.1) is 6.92 Å². The van der Waals surface area contributed by atoms with Crippen LogP contribution in [0.2, 0.25) is 0 Å². The van der Waals surface area contributed by atoms with Gasteiger partial charge in [0.05, 0.1) is 12.3 Å². The summed E-state index contributed by atoms with van der Waals surface area (Å²) in [6, 6.07) is 1.89. The van der Waals surface area contributed by atoms with E-state index < -0.39 is 0 Å². The van der Waals surface area contributed by atoms with E-state index in [1.807, 2.05) is 19.9 Å². The molecule has 0 saturated heterocycles. The van der Waals surface area contributed by atoms with Crippen molar-refractivity contribution < 1.29 is 4.74 Å². The highest BCUT2D eigenvalue weighted by Crippen LogP contribution is 2.17. The van der Waals surface area contributed by atoms with Crippen molar-refractivity contribution in [1.29, 1.82) is 0 Å². The monoisotopic (exact) mass is 195 g/mol. The second kappa shape index (κ2) is 5.44. The molecule has 0 amide bonds. The molecule has 1 rings (SSSR count). The topological polar surface area (TPSA) is 60.2 Å². The lowest BCUT2D eigenvalue weighted by atomic mass is 10.2. The van der Waals surface area contributed by atoms with Crippen LogP contribution in [-0.2, 0) is 4.74 Å². The molecule has 1 heterocycles. The zero-order valence-corrected chi connectivity index (χ0v) is 8.71. The van der Waals surface area contributed by atoms with Crippen LogP contribution in [0.25, 0.3) is 0 Å². The van der Waals surface area contributed by atoms with E-state index in [9.17, 15) is 0 Å². The summed E-state index contributed by atoms with van der Waals surface area (Å²) >= 11 is 0. The standard InChI is InChI=1S/C10H17N3O/c1-3-14-7-6-13-10-9(11)8(2)4-5-12-10/h4-5H,3,6-7,11H2,1-2H3,(H,12,13). The summed E-state index contributed by atoms with van der Waals surface area (Å²) in [5, 5.41) is 3.13. The Balaban J connectivity index is 2.46. The third kappa shape index (κ3) is 2.88. The van der Waals surface area contributed by atoms with Crippen molar-refractivity contribution in [3.63, 3.8) is 0 Å². The Labute approximate surface area is 84.5 Å². The Kier molecular flexibility index (Phi) is 4.19. The molecule has 0 radical (unpaired) electrons. The van der Waals surface area contributed by atoms with Crippen molar-refractivity contribution >= 4 is 11.5 Å². The first-order chi connectivity index (χ1) is 6.75. The highest BCUT2D eigenvalue weighted by Gasteiger charge is 2.01. The molecule has 0 bridgehead atoms. The second-order valence-electron chi connectivity index (χ2n) is 3.01. The number of hydrogen-bond donors (Lipinski definition) is 2. The lowest BCUT2D eigenvalue weighted by molar-refractivity contribution is 0.158. The molecule has 0 aromatic carbocycles. The number of anilines is 2. The first kappa shape index (κ1) is 10.8. The van der Waals surface area contributed by atoms with Gasteiger partial charge in [-0.05, 0) is 25.5 Å². The summed E-state index contributed by atoms with van der Waals surface area (Å²) < 4.78 is 5.19. The van der Waals surface area contributed by atoms with Crippen molar-refractivity contribution in [2.24, 2.45) is 0 Å². The Morgan fingerprint density at radius 1 is 1.57 bits per heavy atom. The number of aromatic nitrogens is 1. The third-order valence-corrected chi connectivity index (χ3v) is 1.95. The van der Waals surface area contributed by atoms with Gasteiger partial charge < -0.3 is 15.8 Å². The normalized spacial score (nSPS) is 10.1. The number of aryl methyl sites for hydroxylation is 1. The van der Waals surface area contributed by atoms with E-state index in [4.69, 9.17) is 10.5 Å². The van der Waals surface area contributed by atoms with Crippen LogP contribution >= 0.6 is 0 Å². The first-order valence-corrected chi connectivity index (χ1v) is 4.78. The van der Waals surface area contributed by atoms with Crippen molar-refractivity contribution in [1.82, 2.24) is 4.98 Å². The van der Waals surface area contributed by atoms with Crippen LogP contribution in [-0.4, -0.2) is 24.7 Å². The van der Waals surface area contributed by atoms with E-state index in [-0.39, 0.29) is 0 Å². The highest BCUT2D eigenvalue weighted by atomic mass is 16.5. The molecule has 0 aliphatic heterocycles. The molecule has 0 spiro atoms. The molecular formula is C10H17N3O. The molecule has 1 aromatic heterocycles. The summed E-state index contributed by atoms with van der Waals surface area (Å²) in [6.07, 6.45) is 1.74. The van der Waals surface area contributed by atoms with Gasteiger partial charge in [-0.3, -0.25) is 0 Å². The Morgan fingerprint density at radius 2 is 2.36 bits per heavy atom. The second-order valence-corrected chi connectivity index (χ2v) is 3.01. The van der Waals surface area contributed by atoms with Crippen LogP contribution in [0.3, 0.4) is 0 Å². The highest BCUT2D eigenvalue weighted by molar-refractivity contribution is 5.64. The van der Waals surface area contributed by atoms with Crippen molar-refractivity contribution in [2.75, 3.05) is 30.8 Å². The summed E-state index contributed by atoms with van der Waals surface area (Å²) in [6.45, 7) is 6.07. The number of hydrogen-bond acceptors (Lipinski definition) is 4. The maximum atomic E-state index is 5.83. The zero-order chi connectivity index (χ0) is 10.4. The summed E-state index contributed by atoms with van der Waals surface area (Å²) in [7, 11) is 0. The molecule has 14 heavy (non-hydrogen) atoms. The van der Waals surface area contributed by atoms with Crippen LogP contribution in [0.1, 0.15) is 12.5 Å². The third-order valence-electron chi connectivity index (χ3n) is 1.95. The number of nitrogens with two attached hydrogens (primary N) is 1. The van der Waals surface area contributed by atoms with Gasteiger partial charge in [-0.15, -0.1) is 0 Å². The van der Waals surface area contributed by atoms with Gasteiger partial charge >= 0.3 is 0 Å². The molecule has 1 aromatic rings. The summed E-state index contributed by atoms with van der Waals surface area (Å²) in [4.78, 5) is 4.15. The molecule has 0 unspecified atom stereocenters. The maximum Gasteiger partial charge on any atom is 0.149 e. The molecule has 78 valence electrons. The lowest BCUT2D eigenvalue weighted by Gasteiger charge is -2.09. The number of nitrogens with one attached hydrogen (secondary N) is 1. The molecular weight excluding hydrogens is 178 g/mol. The Hall–Kier alpha value is -1.29. The van der Waals surface area contributed by atoms with Crippen LogP contribution in [0.5, 0.6) is 0 Å². The molecule has 4 nitrogen and oxygen atoms in total. The fraction of sp³-hybridized carbons (Fsp3) is 0.500. The van der Waals surface area contributed by atoms with Gasteiger partial charge in [0, 0.05) is 19.3 Å². The van der Waals surface area contributed by atoms with E-state index >= 15 is 0 Å². The van der Waals surface area contributed by atoms with E-state index in [1.54, 1.807) is 6.20 Å². The first-order valence-electron chi connectivity index (χ1n) is 4.78. The molecule has 0 saturated carbocycles. The van der Waals surface area contributed by atoms with E-state index in [0.717, 1.165) is 24.5 Å². The number of nitrogens with zero attached hydrogens (tertiary/aromatic N) is 1. The fourth-order valence-corrected chi connectivity index (χ4v) is 1.10. The Bertz CT molecular complexity index is 289. The average molecular weight is 195 g/mol. The SMILES string of the molecule is CCOCCNc1nccc(C)c1N. The molecule has 0 atom stereocenters. The predicted octanol–water partition coefficient (Wildman–Crippen LogP) is 1.42. The van der Waals surface area contributed by atoms with Crippen LogP contribution in [0.15, 0.2) is 12.3 Å². The van der Waals surface area contributed by atoms with Gasteiger partial charge in [0.15, 0.2) is 0 Å². The van der Waals surface area contributed by atoms with Crippen LogP contribution in [0.4, 0.5) is 11.5 Å². The Morgan fingerprint density at radius 3 is 3.07 bits per heavy atom. The number of rotatable bonds is 5. The maximum absolute atomic E-state index is 5.83. The van der Waals surface area contributed by atoms with Gasteiger partial charge in [-0.1, -0.05) is 0 Å². The van der Waals surface area contributed by atoms with E-state index in [0.29, 0.717) is 12.3 Å². The van der Waals surface area contributed by atoms with Crippen molar-refractivity contribution in [2.45, 2.75) is 13.8 Å². The number of ether oxygens (including phenoxy) is 1. The quantitative estimate of drug-likeness (QED) is 0.698. The molecule has 4 heteroatoms. The van der Waals surface area contributed by atoms with Crippen molar-refractivity contribution in [3.8, 4) is 0 Å². The summed E-state index contributed by atoms with van der Waals surface area (Å²) in [5.41, 5.74) is 7.58. The molecule has 3 N–H and O–H groups in total. The van der Waals surface area contributed by atoms with Gasteiger partial charge in [0.25, 0.3) is 0 Å².